The molecule has 0 unspecified atom stereocenters. The van der Waals surface area contributed by atoms with E-state index in [1.165, 1.54) is 0 Å². The van der Waals surface area contributed by atoms with E-state index in [0.29, 0.717) is 5.69 Å². The molecule has 0 atom stereocenters. The van der Waals surface area contributed by atoms with Gasteiger partial charge in [-0.1, -0.05) is 12.2 Å². The van der Waals surface area contributed by atoms with Gasteiger partial charge in [-0.3, -0.25) is 4.98 Å². The Morgan fingerprint density at radius 2 is 1.95 bits per heavy atom. The van der Waals surface area contributed by atoms with Crippen LogP contribution in [0.4, 0.5) is 13.2 Å². The van der Waals surface area contributed by atoms with Gasteiger partial charge < -0.3 is 4.98 Å². The quantitative estimate of drug-likeness (QED) is 0.809. The van der Waals surface area contributed by atoms with Crippen molar-refractivity contribution in [3.8, 4) is 11.3 Å². The summed E-state index contributed by atoms with van der Waals surface area (Å²) >= 11 is 5.05. The molecular formula is C12H10F3N3S. The number of aromatic nitrogens is 3. The molecule has 1 N–H and O–H groups in total. The lowest BCUT2D eigenvalue weighted by atomic mass is 10.1. The van der Waals surface area contributed by atoms with Crippen molar-refractivity contribution in [2.24, 2.45) is 0 Å². The zero-order valence-corrected chi connectivity index (χ0v) is 11.0. The highest BCUT2D eigenvalue weighted by Gasteiger charge is 2.34. The summed E-state index contributed by atoms with van der Waals surface area (Å²) in [5.41, 5.74) is 0.516. The Labute approximate surface area is 112 Å². The van der Waals surface area contributed by atoms with Gasteiger partial charge in [0.15, 0.2) is 0 Å². The smallest absolute Gasteiger partial charge is 0.347 e. The number of hydrogen-bond acceptors (Lipinski definition) is 3. The van der Waals surface area contributed by atoms with E-state index in [4.69, 9.17) is 12.2 Å². The van der Waals surface area contributed by atoms with Crippen LogP contribution in [-0.2, 0) is 6.18 Å². The molecule has 19 heavy (non-hydrogen) atoms. The Bertz CT molecular complexity index is 677. The lowest BCUT2D eigenvalue weighted by Gasteiger charge is -2.12. The molecule has 2 aromatic heterocycles. The second-order valence-electron chi connectivity index (χ2n) is 4.04. The van der Waals surface area contributed by atoms with Crippen molar-refractivity contribution in [1.82, 2.24) is 15.0 Å². The van der Waals surface area contributed by atoms with E-state index in [9.17, 15) is 13.2 Å². The molecule has 2 rings (SSSR count). The Balaban J connectivity index is 2.74. The van der Waals surface area contributed by atoms with Gasteiger partial charge in [-0.25, -0.2) is 4.98 Å². The molecule has 0 aliphatic heterocycles. The molecule has 0 aliphatic carbocycles. The van der Waals surface area contributed by atoms with Crippen molar-refractivity contribution in [3.05, 3.63) is 40.1 Å². The summed E-state index contributed by atoms with van der Waals surface area (Å²) in [5.74, 6) is 0. The van der Waals surface area contributed by atoms with Gasteiger partial charge in [0.25, 0.3) is 0 Å². The second kappa shape index (κ2) is 4.73. The van der Waals surface area contributed by atoms with Crippen molar-refractivity contribution in [2.45, 2.75) is 20.0 Å². The molecule has 0 saturated carbocycles. The van der Waals surface area contributed by atoms with Gasteiger partial charge in [0.05, 0.1) is 11.3 Å². The standard InChI is InChI=1S/C12H10F3N3S/c1-6-7(2)18-11(19)10(17-6)8-5-16-4-3-9(8)12(13,14)15/h3-5H,1-2H3,(H,18,19). The number of aryl methyl sites for hydroxylation is 2. The minimum absolute atomic E-state index is 0.0959. The Morgan fingerprint density at radius 3 is 2.58 bits per heavy atom. The first kappa shape index (κ1) is 13.7. The highest BCUT2D eigenvalue weighted by Crippen LogP contribution is 2.36. The average molecular weight is 285 g/mol. The summed E-state index contributed by atoms with van der Waals surface area (Å²) < 4.78 is 39.0. The lowest BCUT2D eigenvalue weighted by Crippen LogP contribution is -2.09. The van der Waals surface area contributed by atoms with Crippen molar-refractivity contribution < 1.29 is 13.2 Å². The molecule has 0 amide bonds. The van der Waals surface area contributed by atoms with Gasteiger partial charge in [-0.05, 0) is 19.9 Å². The van der Waals surface area contributed by atoms with Crippen LogP contribution in [0.1, 0.15) is 17.0 Å². The maximum Gasteiger partial charge on any atom is 0.417 e. The molecule has 0 radical (unpaired) electrons. The normalized spacial score (nSPS) is 11.6. The number of pyridine rings is 1. The summed E-state index contributed by atoms with van der Waals surface area (Å²) in [6, 6.07) is 0.918. The van der Waals surface area contributed by atoms with Crippen molar-refractivity contribution in [3.63, 3.8) is 0 Å². The summed E-state index contributed by atoms with van der Waals surface area (Å²) in [6.45, 7) is 3.46. The first-order valence-electron chi connectivity index (χ1n) is 5.40. The fourth-order valence-corrected chi connectivity index (χ4v) is 1.94. The van der Waals surface area contributed by atoms with Gasteiger partial charge in [0.2, 0.25) is 0 Å². The summed E-state index contributed by atoms with van der Waals surface area (Å²) in [6.07, 6.45) is -2.25. The van der Waals surface area contributed by atoms with Gasteiger partial charge in [-0.2, -0.15) is 13.2 Å². The molecule has 2 heterocycles. The fraction of sp³-hybridized carbons (Fsp3) is 0.250. The van der Waals surface area contributed by atoms with Gasteiger partial charge in [-0.15, -0.1) is 0 Å². The molecule has 7 heteroatoms. The van der Waals surface area contributed by atoms with E-state index in [1.807, 2.05) is 0 Å². The number of hydrogen-bond donors (Lipinski definition) is 1. The van der Waals surface area contributed by atoms with Crippen LogP contribution in [0.25, 0.3) is 11.3 Å². The van der Waals surface area contributed by atoms with Crippen molar-refractivity contribution in [1.29, 1.82) is 0 Å². The molecule has 3 nitrogen and oxygen atoms in total. The summed E-state index contributed by atoms with van der Waals surface area (Å²) in [4.78, 5) is 10.7. The number of halogens is 3. The molecule has 0 saturated heterocycles. The minimum atomic E-state index is -4.47. The van der Waals surface area contributed by atoms with Crippen LogP contribution < -0.4 is 0 Å². The van der Waals surface area contributed by atoms with E-state index in [2.05, 4.69) is 15.0 Å². The SMILES string of the molecule is Cc1nc(-c2cnccc2C(F)(F)F)c(=S)[nH]c1C. The van der Waals surface area contributed by atoms with Crippen LogP contribution >= 0.6 is 12.2 Å². The third-order valence-corrected chi connectivity index (χ3v) is 3.02. The molecule has 0 fully saturated rings. The summed E-state index contributed by atoms with van der Waals surface area (Å²) in [7, 11) is 0. The maximum absolute atomic E-state index is 12.9. The van der Waals surface area contributed by atoms with Crippen LogP contribution in [0.15, 0.2) is 18.5 Å². The minimum Gasteiger partial charge on any atom is -0.347 e. The van der Waals surface area contributed by atoms with Crippen LogP contribution in [0.2, 0.25) is 0 Å². The van der Waals surface area contributed by atoms with Crippen LogP contribution in [0, 0.1) is 18.5 Å². The third-order valence-electron chi connectivity index (χ3n) is 2.72. The Morgan fingerprint density at radius 1 is 1.26 bits per heavy atom. The molecule has 2 aromatic rings. The number of nitrogens with zero attached hydrogens (tertiary/aromatic N) is 2. The number of aromatic amines is 1. The number of H-pyrrole nitrogens is 1. The van der Waals surface area contributed by atoms with E-state index >= 15 is 0 Å². The second-order valence-corrected chi connectivity index (χ2v) is 4.45. The van der Waals surface area contributed by atoms with E-state index in [-0.39, 0.29) is 15.9 Å². The van der Waals surface area contributed by atoms with Crippen LogP contribution in [0.5, 0.6) is 0 Å². The highest BCUT2D eigenvalue weighted by molar-refractivity contribution is 7.71. The Kier molecular flexibility index (Phi) is 3.40. The lowest BCUT2D eigenvalue weighted by molar-refractivity contribution is -0.137. The largest absolute Gasteiger partial charge is 0.417 e. The number of nitrogens with one attached hydrogen (secondary N) is 1. The zero-order valence-electron chi connectivity index (χ0n) is 10.2. The average Bonchev–Trinajstić information content (AvgIpc) is 2.33. The zero-order chi connectivity index (χ0) is 14.2. The number of alkyl halides is 3. The maximum atomic E-state index is 12.9. The molecule has 0 bridgehead atoms. The van der Waals surface area contributed by atoms with Gasteiger partial charge in [0.1, 0.15) is 10.3 Å². The Hall–Kier alpha value is -1.76. The highest BCUT2D eigenvalue weighted by atomic mass is 32.1. The topological polar surface area (TPSA) is 41.6 Å². The molecule has 0 spiro atoms. The van der Waals surface area contributed by atoms with Crippen molar-refractivity contribution in [2.75, 3.05) is 0 Å². The van der Waals surface area contributed by atoms with Gasteiger partial charge in [0, 0.05) is 23.7 Å². The predicted octanol–water partition coefficient (Wildman–Crippen LogP) is 3.84. The molecular weight excluding hydrogens is 275 g/mol. The van der Waals surface area contributed by atoms with Crippen molar-refractivity contribution >= 4 is 12.2 Å². The van der Waals surface area contributed by atoms with Gasteiger partial charge >= 0.3 is 6.18 Å². The predicted molar refractivity (Wildman–Crippen MR) is 67.1 cm³/mol. The van der Waals surface area contributed by atoms with E-state index in [0.717, 1.165) is 24.2 Å². The fourth-order valence-electron chi connectivity index (χ4n) is 1.64. The molecule has 0 aromatic carbocycles. The van der Waals surface area contributed by atoms with E-state index < -0.39 is 11.7 Å². The third kappa shape index (κ3) is 2.65. The molecule has 0 aliphatic rings. The monoisotopic (exact) mass is 285 g/mol. The van der Waals surface area contributed by atoms with Crippen LogP contribution in [0.3, 0.4) is 0 Å². The van der Waals surface area contributed by atoms with E-state index in [1.54, 1.807) is 13.8 Å². The first-order valence-corrected chi connectivity index (χ1v) is 5.80. The number of rotatable bonds is 1. The summed E-state index contributed by atoms with van der Waals surface area (Å²) in [5, 5.41) is 0. The first-order chi connectivity index (χ1) is 8.80. The molecule has 100 valence electrons. The van der Waals surface area contributed by atoms with Crippen LogP contribution in [-0.4, -0.2) is 15.0 Å².